The Morgan fingerprint density at radius 1 is 0.786 bits per heavy atom. The first-order chi connectivity index (χ1) is 13.8. The summed E-state index contributed by atoms with van der Waals surface area (Å²) in [5, 5.41) is 5.32. The van der Waals surface area contributed by atoms with Crippen LogP contribution in [-0.4, -0.2) is 4.98 Å². The Labute approximate surface area is 168 Å². The van der Waals surface area contributed by atoms with Gasteiger partial charge in [0.25, 0.3) is 0 Å². The van der Waals surface area contributed by atoms with Crippen LogP contribution < -0.4 is 0 Å². The van der Waals surface area contributed by atoms with Crippen molar-refractivity contribution in [2.24, 2.45) is 0 Å². The molecule has 1 aliphatic carbocycles. The fourth-order valence-electron chi connectivity index (χ4n) is 4.72. The van der Waals surface area contributed by atoms with E-state index in [1.54, 1.807) is 11.1 Å². The molecule has 136 valence electrons. The highest BCUT2D eigenvalue weighted by Gasteiger charge is 2.15. The summed E-state index contributed by atoms with van der Waals surface area (Å²) in [5.74, 6) is 0. The largest absolute Gasteiger partial charge is 0.256 e. The van der Waals surface area contributed by atoms with E-state index in [1.165, 1.54) is 67.8 Å². The normalized spacial score (nSPS) is 14.0. The first kappa shape index (κ1) is 16.3. The average Bonchev–Trinajstić information content (AvgIpc) is 3.07. The lowest BCUT2D eigenvalue weighted by Gasteiger charge is -2.15. The molecule has 0 fully saturated rings. The second-order valence-electron chi connectivity index (χ2n) is 7.97. The van der Waals surface area contributed by atoms with Crippen molar-refractivity contribution in [2.75, 3.05) is 0 Å². The summed E-state index contributed by atoms with van der Waals surface area (Å²) in [7, 11) is 0. The fourth-order valence-corrected chi connectivity index (χ4v) is 5.91. The molecule has 0 saturated heterocycles. The molecule has 0 unspecified atom stereocenters. The molecule has 0 N–H and O–H groups in total. The standard InChI is InChI=1S/C26H21NS/c1-16-6-2-5-9-20(16)26-21-15-23-22-12-17-7-3-4-8-18(17)13-24(22)28-25(23)14-19(21)10-11-27-26/h2,5-6,9-15H,3-4,7-8H2,1H3. The molecule has 2 heteroatoms. The van der Waals surface area contributed by atoms with E-state index < -0.39 is 0 Å². The predicted octanol–water partition coefficient (Wildman–Crippen LogP) is 7.46. The van der Waals surface area contributed by atoms with Gasteiger partial charge >= 0.3 is 0 Å². The van der Waals surface area contributed by atoms with Gasteiger partial charge in [-0.3, -0.25) is 4.98 Å². The molecule has 0 aliphatic heterocycles. The molecule has 0 saturated carbocycles. The Hall–Kier alpha value is -2.71. The van der Waals surface area contributed by atoms with E-state index in [0.717, 1.165) is 5.69 Å². The molecule has 0 radical (unpaired) electrons. The number of pyridine rings is 1. The number of fused-ring (bicyclic) bond motifs is 5. The molecule has 1 nitrogen and oxygen atoms in total. The van der Waals surface area contributed by atoms with Crippen molar-refractivity contribution in [2.45, 2.75) is 32.6 Å². The van der Waals surface area contributed by atoms with Crippen LogP contribution in [0.2, 0.25) is 0 Å². The Bertz CT molecular complexity index is 1380. The second kappa shape index (κ2) is 6.15. The van der Waals surface area contributed by atoms with Crippen LogP contribution in [0.3, 0.4) is 0 Å². The lowest BCUT2D eigenvalue weighted by Crippen LogP contribution is -2.01. The highest BCUT2D eigenvalue weighted by Crippen LogP contribution is 2.40. The Balaban J connectivity index is 1.68. The van der Waals surface area contributed by atoms with Gasteiger partial charge in [0.1, 0.15) is 0 Å². The number of benzene rings is 3. The number of aromatic nitrogens is 1. The Kier molecular flexibility index (Phi) is 3.57. The summed E-state index contributed by atoms with van der Waals surface area (Å²) in [4.78, 5) is 4.78. The number of aryl methyl sites for hydroxylation is 3. The van der Waals surface area contributed by atoms with Crippen molar-refractivity contribution in [3.63, 3.8) is 0 Å². The zero-order valence-corrected chi connectivity index (χ0v) is 16.8. The van der Waals surface area contributed by atoms with E-state index in [1.807, 2.05) is 17.5 Å². The first-order valence-electron chi connectivity index (χ1n) is 10.1. The molecule has 0 bridgehead atoms. The summed E-state index contributed by atoms with van der Waals surface area (Å²) >= 11 is 1.93. The van der Waals surface area contributed by atoms with Gasteiger partial charge < -0.3 is 0 Å². The van der Waals surface area contributed by atoms with Crippen LogP contribution in [0, 0.1) is 6.92 Å². The van der Waals surface area contributed by atoms with Gasteiger partial charge in [0, 0.05) is 37.3 Å². The fraction of sp³-hybridized carbons (Fsp3) is 0.192. The van der Waals surface area contributed by atoms with Crippen molar-refractivity contribution in [1.82, 2.24) is 4.98 Å². The molecule has 3 aromatic carbocycles. The molecule has 2 heterocycles. The quantitative estimate of drug-likeness (QED) is 0.294. The van der Waals surface area contributed by atoms with Gasteiger partial charge in [0.05, 0.1) is 5.69 Å². The van der Waals surface area contributed by atoms with E-state index in [0.29, 0.717) is 0 Å². The van der Waals surface area contributed by atoms with Gasteiger partial charge in [-0.25, -0.2) is 0 Å². The van der Waals surface area contributed by atoms with Gasteiger partial charge in [-0.1, -0.05) is 24.3 Å². The second-order valence-corrected chi connectivity index (χ2v) is 9.05. The van der Waals surface area contributed by atoms with Crippen LogP contribution in [-0.2, 0) is 12.8 Å². The van der Waals surface area contributed by atoms with Gasteiger partial charge in [-0.05, 0) is 85.0 Å². The van der Waals surface area contributed by atoms with Crippen LogP contribution in [0.15, 0.2) is 60.8 Å². The lowest BCUT2D eigenvalue weighted by atomic mass is 9.90. The van der Waals surface area contributed by atoms with E-state index in [-0.39, 0.29) is 0 Å². The maximum atomic E-state index is 4.78. The molecule has 0 amide bonds. The van der Waals surface area contributed by atoms with Gasteiger partial charge in [0.15, 0.2) is 0 Å². The molecule has 0 spiro atoms. The van der Waals surface area contributed by atoms with E-state index >= 15 is 0 Å². The molecule has 0 atom stereocenters. The van der Waals surface area contributed by atoms with Crippen molar-refractivity contribution in [3.8, 4) is 11.3 Å². The molecule has 28 heavy (non-hydrogen) atoms. The van der Waals surface area contributed by atoms with Crippen molar-refractivity contribution >= 4 is 42.3 Å². The maximum absolute atomic E-state index is 4.78. The summed E-state index contributed by atoms with van der Waals surface area (Å²) < 4.78 is 2.81. The molecule has 2 aromatic heterocycles. The smallest absolute Gasteiger partial charge is 0.0783 e. The summed E-state index contributed by atoms with van der Waals surface area (Å²) in [6.07, 6.45) is 7.07. The number of rotatable bonds is 1. The Morgan fingerprint density at radius 2 is 1.54 bits per heavy atom. The highest BCUT2D eigenvalue weighted by molar-refractivity contribution is 7.25. The third-order valence-corrected chi connectivity index (χ3v) is 7.33. The van der Waals surface area contributed by atoms with Gasteiger partial charge in [-0.2, -0.15) is 0 Å². The number of thiophene rings is 1. The SMILES string of the molecule is Cc1ccccc1-c1nccc2cc3sc4cc5c(cc4c3cc12)CCCC5. The van der Waals surface area contributed by atoms with Crippen LogP contribution in [0.25, 0.3) is 42.2 Å². The molecule has 6 rings (SSSR count). The molecular formula is C26H21NS. The third kappa shape index (κ3) is 2.41. The van der Waals surface area contributed by atoms with Crippen molar-refractivity contribution < 1.29 is 0 Å². The minimum Gasteiger partial charge on any atom is -0.256 e. The topological polar surface area (TPSA) is 12.9 Å². The van der Waals surface area contributed by atoms with E-state index in [4.69, 9.17) is 4.98 Å². The summed E-state index contributed by atoms with van der Waals surface area (Å²) in [6, 6.07) is 20.4. The van der Waals surface area contributed by atoms with Crippen LogP contribution in [0.4, 0.5) is 0 Å². The average molecular weight is 380 g/mol. The maximum Gasteiger partial charge on any atom is 0.0783 e. The minimum atomic E-state index is 1.09. The van der Waals surface area contributed by atoms with Crippen LogP contribution in [0.1, 0.15) is 29.5 Å². The zero-order valence-electron chi connectivity index (χ0n) is 16.0. The predicted molar refractivity (Wildman–Crippen MR) is 121 cm³/mol. The van der Waals surface area contributed by atoms with E-state index in [9.17, 15) is 0 Å². The number of hydrogen-bond donors (Lipinski definition) is 0. The van der Waals surface area contributed by atoms with Crippen molar-refractivity contribution in [1.29, 1.82) is 0 Å². The first-order valence-corrected chi connectivity index (χ1v) is 10.9. The minimum absolute atomic E-state index is 1.09. The van der Waals surface area contributed by atoms with Crippen LogP contribution in [0.5, 0.6) is 0 Å². The number of nitrogens with zero attached hydrogens (tertiary/aromatic N) is 1. The van der Waals surface area contributed by atoms with Crippen molar-refractivity contribution in [3.05, 3.63) is 77.5 Å². The Morgan fingerprint density at radius 3 is 2.39 bits per heavy atom. The highest BCUT2D eigenvalue weighted by atomic mass is 32.1. The van der Waals surface area contributed by atoms with E-state index in [2.05, 4.69) is 61.5 Å². The van der Waals surface area contributed by atoms with Gasteiger partial charge in [0.2, 0.25) is 0 Å². The van der Waals surface area contributed by atoms with Gasteiger partial charge in [-0.15, -0.1) is 11.3 Å². The molecule has 1 aliphatic rings. The monoisotopic (exact) mass is 379 g/mol. The summed E-state index contributed by atoms with van der Waals surface area (Å²) in [6.45, 7) is 2.17. The zero-order chi connectivity index (χ0) is 18.7. The number of hydrogen-bond acceptors (Lipinski definition) is 2. The molecule has 5 aromatic rings. The van der Waals surface area contributed by atoms with Crippen LogP contribution >= 0.6 is 11.3 Å². The third-order valence-electron chi connectivity index (χ3n) is 6.22. The molecular weight excluding hydrogens is 358 g/mol. The lowest BCUT2D eigenvalue weighted by molar-refractivity contribution is 0.687. The summed E-state index contributed by atoms with van der Waals surface area (Å²) in [5.41, 5.74) is 6.71.